The van der Waals surface area contributed by atoms with Gasteiger partial charge in [-0.25, -0.2) is 0 Å². The molecule has 0 bridgehead atoms. The van der Waals surface area contributed by atoms with Gasteiger partial charge in [-0.2, -0.15) is 0 Å². The summed E-state index contributed by atoms with van der Waals surface area (Å²) in [6, 6.07) is 5.79. The third kappa shape index (κ3) is 2.00. The lowest BCUT2D eigenvalue weighted by molar-refractivity contribution is -0.118. The summed E-state index contributed by atoms with van der Waals surface area (Å²) in [7, 11) is 0. The number of nitrogens with one attached hydrogen (secondary N) is 1. The number of carbonyl (C=O) groups excluding carboxylic acids is 1. The molecule has 1 saturated carbocycles. The van der Waals surface area contributed by atoms with Gasteiger partial charge in [-0.05, 0) is 36.0 Å². The van der Waals surface area contributed by atoms with Gasteiger partial charge in [0.1, 0.15) is 5.75 Å². The Bertz CT molecular complexity index is 474. The number of rotatable bonds is 2. The van der Waals surface area contributed by atoms with E-state index in [0.29, 0.717) is 11.8 Å². The highest BCUT2D eigenvalue weighted by Crippen LogP contribution is 2.50. The molecule has 1 fully saturated rings. The summed E-state index contributed by atoms with van der Waals surface area (Å²) < 4.78 is 5.31. The number of hydrogen-bond acceptors (Lipinski definition) is 2. The van der Waals surface area contributed by atoms with Crippen molar-refractivity contribution in [3.63, 3.8) is 0 Å². The van der Waals surface area contributed by atoms with Crippen LogP contribution in [0, 0.1) is 11.8 Å². The molecule has 90 valence electrons. The molecule has 17 heavy (non-hydrogen) atoms. The van der Waals surface area contributed by atoms with Gasteiger partial charge in [0.2, 0.25) is 0 Å². The first-order chi connectivity index (χ1) is 8.15. The van der Waals surface area contributed by atoms with Crippen LogP contribution in [0.25, 0.3) is 0 Å². The summed E-state index contributed by atoms with van der Waals surface area (Å²) in [5.41, 5.74) is 1.79. The van der Waals surface area contributed by atoms with E-state index in [-0.39, 0.29) is 17.9 Å². The van der Waals surface area contributed by atoms with E-state index in [1.165, 1.54) is 6.42 Å². The quantitative estimate of drug-likeness (QED) is 0.821. The highest BCUT2D eigenvalue weighted by Gasteiger charge is 2.39. The number of ether oxygens (including phenoxy) is 1. The molecule has 2 aliphatic rings. The second-order valence-electron chi connectivity index (χ2n) is 4.87. The Hall–Kier alpha value is -1.22. The van der Waals surface area contributed by atoms with E-state index in [1.54, 1.807) is 0 Å². The fourth-order valence-corrected chi connectivity index (χ4v) is 2.77. The van der Waals surface area contributed by atoms with Gasteiger partial charge >= 0.3 is 0 Å². The molecule has 0 spiro atoms. The number of fused-ring (bicyclic) bond motifs is 1. The molecule has 1 aliphatic carbocycles. The molecular formula is C13H14ClNO2. The minimum Gasteiger partial charge on any atom is -0.482 e. The number of alkyl halides is 1. The first-order valence-electron chi connectivity index (χ1n) is 5.86. The van der Waals surface area contributed by atoms with E-state index in [2.05, 4.69) is 12.2 Å². The second-order valence-corrected chi connectivity index (χ2v) is 5.34. The summed E-state index contributed by atoms with van der Waals surface area (Å²) in [5.74, 6) is 1.89. The maximum Gasteiger partial charge on any atom is 0.262 e. The fourth-order valence-electron chi connectivity index (χ4n) is 2.28. The molecular weight excluding hydrogens is 238 g/mol. The van der Waals surface area contributed by atoms with Crippen molar-refractivity contribution >= 4 is 23.2 Å². The van der Waals surface area contributed by atoms with Crippen LogP contribution < -0.4 is 10.1 Å². The summed E-state index contributed by atoms with van der Waals surface area (Å²) in [6.45, 7) is 2.31. The summed E-state index contributed by atoms with van der Waals surface area (Å²) >= 11 is 6.42. The SMILES string of the molecule is CC1CC1C(Cl)c1ccc2c(c1)NC(=O)CO2. The van der Waals surface area contributed by atoms with Gasteiger partial charge in [0.05, 0.1) is 11.1 Å². The van der Waals surface area contributed by atoms with Gasteiger partial charge in [0, 0.05) is 0 Å². The van der Waals surface area contributed by atoms with Gasteiger partial charge in [-0.1, -0.05) is 13.0 Å². The molecule has 0 saturated heterocycles. The summed E-state index contributed by atoms with van der Waals surface area (Å²) in [6.07, 6.45) is 1.19. The average molecular weight is 252 g/mol. The minimum atomic E-state index is -0.111. The molecule has 0 radical (unpaired) electrons. The molecule has 1 N–H and O–H groups in total. The Kier molecular flexibility index (Phi) is 2.51. The Balaban J connectivity index is 1.87. The fraction of sp³-hybridized carbons (Fsp3) is 0.462. The van der Waals surface area contributed by atoms with Crippen LogP contribution in [0.5, 0.6) is 5.75 Å². The maximum atomic E-state index is 11.2. The zero-order valence-corrected chi connectivity index (χ0v) is 10.3. The van der Waals surface area contributed by atoms with E-state index in [0.717, 1.165) is 17.0 Å². The molecule has 1 aliphatic heterocycles. The van der Waals surface area contributed by atoms with Gasteiger partial charge < -0.3 is 10.1 Å². The van der Waals surface area contributed by atoms with E-state index in [4.69, 9.17) is 16.3 Å². The number of halogens is 1. The molecule has 1 heterocycles. The van der Waals surface area contributed by atoms with Crippen LogP contribution >= 0.6 is 11.6 Å². The van der Waals surface area contributed by atoms with Crippen molar-refractivity contribution in [2.24, 2.45) is 11.8 Å². The van der Waals surface area contributed by atoms with Gasteiger partial charge in [-0.3, -0.25) is 4.79 Å². The monoisotopic (exact) mass is 251 g/mol. The Labute approximate surface area is 105 Å². The summed E-state index contributed by atoms with van der Waals surface area (Å²) in [5, 5.41) is 2.84. The Morgan fingerprint density at radius 2 is 2.29 bits per heavy atom. The molecule has 3 rings (SSSR count). The average Bonchev–Trinajstić information content (AvgIpc) is 3.04. The smallest absolute Gasteiger partial charge is 0.262 e. The van der Waals surface area contributed by atoms with Crippen LogP contribution in [0.3, 0.4) is 0 Å². The number of hydrogen-bond donors (Lipinski definition) is 1. The highest BCUT2D eigenvalue weighted by atomic mass is 35.5. The molecule has 3 atom stereocenters. The van der Waals surface area contributed by atoms with Gasteiger partial charge in [0.15, 0.2) is 6.61 Å². The van der Waals surface area contributed by atoms with Crippen molar-refractivity contribution in [3.05, 3.63) is 23.8 Å². The van der Waals surface area contributed by atoms with E-state index in [9.17, 15) is 4.79 Å². The third-order valence-electron chi connectivity index (χ3n) is 3.50. The van der Waals surface area contributed by atoms with E-state index >= 15 is 0 Å². The lowest BCUT2D eigenvalue weighted by Crippen LogP contribution is -2.25. The van der Waals surface area contributed by atoms with Crippen LogP contribution in [0.2, 0.25) is 0 Å². The van der Waals surface area contributed by atoms with Gasteiger partial charge in [-0.15, -0.1) is 11.6 Å². The minimum absolute atomic E-state index is 0.0362. The number of anilines is 1. The highest BCUT2D eigenvalue weighted by molar-refractivity contribution is 6.21. The van der Waals surface area contributed by atoms with Crippen LogP contribution in [-0.2, 0) is 4.79 Å². The van der Waals surface area contributed by atoms with Gasteiger partial charge in [0.25, 0.3) is 5.91 Å². The number of amides is 1. The second kappa shape index (κ2) is 3.91. The predicted molar refractivity (Wildman–Crippen MR) is 66.4 cm³/mol. The molecule has 4 heteroatoms. The zero-order chi connectivity index (χ0) is 12.0. The van der Waals surface area contributed by atoms with Crippen molar-refractivity contribution in [2.75, 3.05) is 11.9 Å². The maximum absolute atomic E-state index is 11.2. The van der Waals surface area contributed by atoms with Crippen LogP contribution in [0.1, 0.15) is 24.3 Å². The third-order valence-corrected chi connectivity index (χ3v) is 4.08. The largest absolute Gasteiger partial charge is 0.482 e. The van der Waals surface area contributed by atoms with Crippen molar-refractivity contribution in [3.8, 4) is 5.75 Å². The van der Waals surface area contributed by atoms with E-state index < -0.39 is 0 Å². The van der Waals surface area contributed by atoms with Crippen molar-refractivity contribution < 1.29 is 9.53 Å². The number of benzene rings is 1. The Morgan fingerprint density at radius 1 is 1.53 bits per heavy atom. The van der Waals surface area contributed by atoms with Crippen LogP contribution in [0.4, 0.5) is 5.69 Å². The first kappa shape index (κ1) is 10.9. The number of carbonyl (C=O) groups is 1. The normalized spacial score (nSPS) is 27.8. The molecule has 1 aromatic rings. The van der Waals surface area contributed by atoms with Crippen molar-refractivity contribution in [2.45, 2.75) is 18.7 Å². The Morgan fingerprint density at radius 3 is 3.00 bits per heavy atom. The lowest BCUT2D eigenvalue weighted by Gasteiger charge is -2.19. The molecule has 0 aromatic heterocycles. The lowest BCUT2D eigenvalue weighted by atomic mass is 10.1. The van der Waals surface area contributed by atoms with Crippen molar-refractivity contribution in [1.82, 2.24) is 0 Å². The van der Waals surface area contributed by atoms with E-state index in [1.807, 2.05) is 18.2 Å². The molecule has 1 aromatic carbocycles. The van der Waals surface area contributed by atoms with Crippen molar-refractivity contribution in [1.29, 1.82) is 0 Å². The summed E-state index contributed by atoms with van der Waals surface area (Å²) in [4.78, 5) is 11.2. The van der Waals surface area contributed by atoms with Crippen LogP contribution in [-0.4, -0.2) is 12.5 Å². The van der Waals surface area contributed by atoms with Crippen LogP contribution in [0.15, 0.2) is 18.2 Å². The first-order valence-corrected chi connectivity index (χ1v) is 6.29. The molecule has 1 amide bonds. The topological polar surface area (TPSA) is 38.3 Å². The molecule has 3 unspecified atom stereocenters. The standard InChI is InChI=1S/C13H14ClNO2/c1-7-4-9(7)13(14)8-2-3-11-10(5-8)15-12(16)6-17-11/h2-3,5,7,9,13H,4,6H2,1H3,(H,15,16). The predicted octanol–water partition coefficient (Wildman–Crippen LogP) is 2.95. The zero-order valence-electron chi connectivity index (χ0n) is 9.57. The molecule has 3 nitrogen and oxygen atoms in total.